The van der Waals surface area contributed by atoms with Crippen molar-refractivity contribution in [2.45, 2.75) is 12.8 Å². The van der Waals surface area contributed by atoms with Crippen LogP contribution < -0.4 is 0 Å². The molecule has 0 saturated heterocycles. The highest BCUT2D eigenvalue weighted by Crippen LogP contribution is 2.23. The minimum Gasteiger partial charge on any atom is -0.481 e. The fourth-order valence-corrected chi connectivity index (χ4v) is 1.59. The fraction of sp³-hybridized carbons (Fsp3) is 0.300. The van der Waals surface area contributed by atoms with Crippen LogP contribution in [0.2, 0.25) is 0 Å². The first kappa shape index (κ1) is 9.64. The van der Waals surface area contributed by atoms with Crippen molar-refractivity contribution < 1.29 is 9.90 Å². The number of carboxylic acids is 1. The van der Waals surface area contributed by atoms with Gasteiger partial charge in [-0.3, -0.25) is 9.78 Å². The Morgan fingerprint density at radius 1 is 1.53 bits per heavy atom. The van der Waals surface area contributed by atoms with Gasteiger partial charge >= 0.3 is 5.97 Å². The summed E-state index contributed by atoms with van der Waals surface area (Å²) in [4.78, 5) is 19.0. The number of fused-ring (bicyclic) bond motifs is 1. The number of carboxylic acid groups (broad SMARTS) is 1. The molecule has 0 aliphatic heterocycles. The summed E-state index contributed by atoms with van der Waals surface area (Å²) >= 11 is 0. The Balaban J connectivity index is 2.69. The molecule has 2 aromatic heterocycles. The van der Waals surface area contributed by atoms with Crippen molar-refractivity contribution in [1.29, 1.82) is 0 Å². The maximum atomic E-state index is 10.9. The number of aromatic nitrogens is 3. The lowest BCUT2D eigenvalue weighted by Crippen LogP contribution is -2.09. The van der Waals surface area contributed by atoms with Crippen molar-refractivity contribution in [3.05, 3.63) is 24.3 Å². The largest absolute Gasteiger partial charge is 0.481 e. The Morgan fingerprint density at radius 3 is 2.93 bits per heavy atom. The molecule has 0 spiro atoms. The van der Waals surface area contributed by atoms with Gasteiger partial charge in [0, 0.05) is 18.8 Å². The molecule has 15 heavy (non-hydrogen) atoms. The number of carbonyl (C=O) groups is 1. The van der Waals surface area contributed by atoms with Gasteiger partial charge in [-0.25, -0.2) is 4.98 Å². The molecule has 1 unspecified atom stereocenters. The number of aryl methyl sites for hydroxylation is 1. The van der Waals surface area contributed by atoms with Gasteiger partial charge in [0.1, 0.15) is 5.52 Å². The highest BCUT2D eigenvalue weighted by molar-refractivity contribution is 5.85. The molecule has 0 amide bonds. The van der Waals surface area contributed by atoms with Crippen LogP contribution in [0.5, 0.6) is 0 Å². The molecule has 2 rings (SSSR count). The van der Waals surface area contributed by atoms with Crippen LogP contribution in [-0.4, -0.2) is 25.6 Å². The molecule has 2 heterocycles. The smallest absolute Gasteiger partial charge is 0.310 e. The first-order valence-electron chi connectivity index (χ1n) is 4.59. The number of rotatable bonds is 2. The van der Waals surface area contributed by atoms with Crippen LogP contribution in [0, 0.1) is 0 Å². The standard InChI is InChI=1S/C10H11N3O2/c1-6(10(14)15)7-3-11-4-8-9(7)13(2)5-12-8/h3-6H,1-2H3,(H,14,15). The summed E-state index contributed by atoms with van der Waals surface area (Å²) < 4.78 is 1.81. The van der Waals surface area contributed by atoms with Gasteiger partial charge in [0.05, 0.1) is 24.0 Å². The summed E-state index contributed by atoms with van der Waals surface area (Å²) in [6, 6.07) is 0. The lowest BCUT2D eigenvalue weighted by atomic mass is 10.0. The van der Waals surface area contributed by atoms with E-state index in [0.717, 1.165) is 11.0 Å². The lowest BCUT2D eigenvalue weighted by molar-refractivity contribution is -0.138. The van der Waals surface area contributed by atoms with Crippen LogP contribution in [0.25, 0.3) is 11.0 Å². The molecule has 0 aliphatic carbocycles. The van der Waals surface area contributed by atoms with Gasteiger partial charge in [-0.15, -0.1) is 0 Å². The highest BCUT2D eigenvalue weighted by atomic mass is 16.4. The molecule has 78 valence electrons. The third-order valence-corrected chi connectivity index (χ3v) is 2.49. The molecule has 5 heteroatoms. The van der Waals surface area contributed by atoms with Gasteiger partial charge in [0.15, 0.2) is 0 Å². The average molecular weight is 205 g/mol. The number of nitrogens with zero attached hydrogens (tertiary/aromatic N) is 3. The summed E-state index contributed by atoms with van der Waals surface area (Å²) in [5, 5.41) is 8.97. The van der Waals surface area contributed by atoms with Crippen LogP contribution in [0.1, 0.15) is 18.4 Å². The van der Waals surface area contributed by atoms with Crippen molar-refractivity contribution in [2.24, 2.45) is 7.05 Å². The Kier molecular flexibility index (Phi) is 2.15. The summed E-state index contributed by atoms with van der Waals surface area (Å²) in [6.07, 6.45) is 4.88. The zero-order valence-electron chi connectivity index (χ0n) is 8.51. The van der Waals surface area contributed by atoms with E-state index in [4.69, 9.17) is 5.11 Å². The molecule has 0 aliphatic rings. The number of hydrogen-bond acceptors (Lipinski definition) is 3. The van der Waals surface area contributed by atoms with E-state index >= 15 is 0 Å². The average Bonchev–Trinajstić information content (AvgIpc) is 2.59. The summed E-state index contributed by atoms with van der Waals surface area (Å²) in [7, 11) is 1.84. The summed E-state index contributed by atoms with van der Waals surface area (Å²) in [6.45, 7) is 1.64. The second kappa shape index (κ2) is 3.34. The van der Waals surface area contributed by atoms with Gasteiger partial charge in [0.25, 0.3) is 0 Å². The van der Waals surface area contributed by atoms with Gasteiger partial charge in [0.2, 0.25) is 0 Å². The molecule has 1 atom stereocenters. The van der Waals surface area contributed by atoms with Crippen LogP contribution in [0.3, 0.4) is 0 Å². The van der Waals surface area contributed by atoms with Crippen molar-refractivity contribution in [3.63, 3.8) is 0 Å². The zero-order chi connectivity index (χ0) is 11.0. The molecular weight excluding hydrogens is 194 g/mol. The zero-order valence-corrected chi connectivity index (χ0v) is 8.51. The maximum Gasteiger partial charge on any atom is 0.310 e. The Morgan fingerprint density at radius 2 is 2.27 bits per heavy atom. The Labute approximate surface area is 86.4 Å². The third-order valence-electron chi connectivity index (χ3n) is 2.49. The van der Waals surface area contributed by atoms with Crippen molar-refractivity contribution in [2.75, 3.05) is 0 Å². The number of pyridine rings is 1. The van der Waals surface area contributed by atoms with Crippen molar-refractivity contribution >= 4 is 17.0 Å². The van der Waals surface area contributed by atoms with E-state index in [9.17, 15) is 4.79 Å². The van der Waals surface area contributed by atoms with Crippen LogP contribution in [0.4, 0.5) is 0 Å². The van der Waals surface area contributed by atoms with E-state index in [1.165, 1.54) is 0 Å². The van der Waals surface area contributed by atoms with E-state index in [2.05, 4.69) is 9.97 Å². The maximum absolute atomic E-state index is 10.9. The predicted molar refractivity (Wildman–Crippen MR) is 54.6 cm³/mol. The lowest BCUT2D eigenvalue weighted by Gasteiger charge is -2.08. The minimum atomic E-state index is -0.856. The quantitative estimate of drug-likeness (QED) is 0.798. The third kappa shape index (κ3) is 1.45. The van der Waals surface area contributed by atoms with E-state index in [1.54, 1.807) is 25.6 Å². The Hall–Kier alpha value is -1.91. The monoisotopic (exact) mass is 205 g/mol. The molecule has 2 aromatic rings. The molecule has 5 nitrogen and oxygen atoms in total. The van der Waals surface area contributed by atoms with Gasteiger partial charge < -0.3 is 9.67 Å². The molecule has 0 saturated carbocycles. The SMILES string of the molecule is CC(C(=O)O)c1cncc2ncn(C)c12. The first-order chi connectivity index (χ1) is 7.11. The van der Waals surface area contributed by atoms with Crippen LogP contribution in [-0.2, 0) is 11.8 Å². The topological polar surface area (TPSA) is 68.0 Å². The molecule has 0 radical (unpaired) electrons. The van der Waals surface area contributed by atoms with Gasteiger partial charge in [-0.2, -0.15) is 0 Å². The van der Waals surface area contributed by atoms with E-state index in [-0.39, 0.29) is 0 Å². The van der Waals surface area contributed by atoms with Crippen LogP contribution >= 0.6 is 0 Å². The summed E-state index contributed by atoms with van der Waals surface area (Å²) in [5.41, 5.74) is 2.25. The molecule has 1 N–H and O–H groups in total. The molecule has 0 bridgehead atoms. The van der Waals surface area contributed by atoms with Crippen LogP contribution in [0.15, 0.2) is 18.7 Å². The van der Waals surface area contributed by atoms with E-state index < -0.39 is 11.9 Å². The predicted octanol–water partition coefficient (Wildman–Crippen LogP) is 1.16. The molecule has 0 fully saturated rings. The van der Waals surface area contributed by atoms with Crippen molar-refractivity contribution in [3.8, 4) is 0 Å². The normalized spacial score (nSPS) is 12.9. The number of imidazole rings is 1. The second-order valence-electron chi connectivity index (χ2n) is 3.51. The minimum absolute atomic E-state index is 0.573. The number of hydrogen-bond donors (Lipinski definition) is 1. The van der Waals surface area contributed by atoms with Crippen molar-refractivity contribution in [1.82, 2.24) is 14.5 Å². The summed E-state index contributed by atoms with van der Waals surface area (Å²) in [5.74, 6) is -1.43. The van der Waals surface area contributed by atoms with Gasteiger partial charge in [-0.1, -0.05) is 0 Å². The Bertz CT molecular complexity index is 518. The van der Waals surface area contributed by atoms with Gasteiger partial charge in [-0.05, 0) is 6.92 Å². The highest BCUT2D eigenvalue weighted by Gasteiger charge is 2.18. The molecule has 0 aromatic carbocycles. The second-order valence-corrected chi connectivity index (χ2v) is 3.51. The van der Waals surface area contributed by atoms with E-state index in [0.29, 0.717) is 5.56 Å². The molecular formula is C10H11N3O2. The first-order valence-corrected chi connectivity index (χ1v) is 4.59. The fourth-order valence-electron chi connectivity index (χ4n) is 1.59. The van der Waals surface area contributed by atoms with E-state index in [1.807, 2.05) is 11.6 Å². The number of aliphatic carboxylic acids is 1.